The molecule has 0 amide bonds. The fraction of sp³-hybridized carbons (Fsp3) is 0.267. The first kappa shape index (κ1) is 13.4. The van der Waals surface area contributed by atoms with Crippen LogP contribution >= 0.6 is 0 Å². The maximum absolute atomic E-state index is 10.6. The van der Waals surface area contributed by atoms with E-state index in [1.165, 1.54) is 0 Å². The number of hydrogen-bond acceptors (Lipinski definition) is 4. The molecular formula is C15H17NO3. The van der Waals surface area contributed by atoms with Gasteiger partial charge >= 0.3 is 0 Å². The number of aromatic nitrogens is 1. The molecule has 0 bridgehead atoms. The fourth-order valence-corrected chi connectivity index (χ4v) is 2.10. The van der Waals surface area contributed by atoms with E-state index in [-0.39, 0.29) is 0 Å². The highest BCUT2D eigenvalue weighted by atomic mass is 16.5. The Morgan fingerprint density at radius 2 is 1.74 bits per heavy atom. The second-order valence-electron chi connectivity index (χ2n) is 4.21. The van der Waals surface area contributed by atoms with Gasteiger partial charge in [0.2, 0.25) is 0 Å². The number of methoxy groups -OCH3 is 2. The normalized spacial score (nSPS) is 12.0. The van der Waals surface area contributed by atoms with Crippen molar-refractivity contribution in [2.75, 3.05) is 14.2 Å². The minimum absolute atomic E-state index is 0.600. The van der Waals surface area contributed by atoms with Crippen LogP contribution in [0.3, 0.4) is 0 Å². The standard InChI is InChI=1S/C15H17NO3/c1-10-9-16-8-7-11(10)15(17)14-12(18-2)5-4-6-13(14)19-3/h4-9,15,17H,1-3H3. The van der Waals surface area contributed by atoms with E-state index in [9.17, 15) is 5.11 Å². The summed E-state index contributed by atoms with van der Waals surface area (Å²) in [6.07, 6.45) is 2.57. The Morgan fingerprint density at radius 3 is 2.26 bits per heavy atom. The van der Waals surface area contributed by atoms with Crippen LogP contribution in [-0.2, 0) is 0 Å². The van der Waals surface area contributed by atoms with E-state index in [1.54, 1.807) is 44.8 Å². The lowest BCUT2D eigenvalue weighted by Crippen LogP contribution is -2.06. The van der Waals surface area contributed by atoms with Gasteiger partial charge < -0.3 is 14.6 Å². The predicted octanol–water partition coefficient (Wildman–Crippen LogP) is 2.49. The Kier molecular flexibility index (Phi) is 4.02. The van der Waals surface area contributed by atoms with Gasteiger partial charge in [0.1, 0.15) is 17.6 Å². The van der Waals surface area contributed by atoms with E-state index in [1.807, 2.05) is 13.0 Å². The van der Waals surface area contributed by atoms with Crippen molar-refractivity contribution in [2.24, 2.45) is 0 Å². The first-order valence-electron chi connectivity index (χ1n) is 5.98. The molecule has 1 aromatic heterocycles. The number of nitrogens with zero attached hydrogens (tertiary/aromatic N) is 1. The second-order valence-corrected chi connectivity index (χ2v) is 4.21. The summed E-state index contributed by atoms with van der Waals surface area (Å²) in [6.45, 7) is 1.91. The van der Waals surface area contributed by atoms with E-state index < -0.39 is 6.10 Å². The van der Waals surface area contributed by atoms with Crippen LogP contribution in [0.25, 0.3) is 0 Å². The van der Waals surface area contributed by atoms with Gasteiger partial charge in [0.15, 0.2) is 0 Å². The molecule has 1 unspecified atom stereocenters. The van der Waals surface area contributed by atoms with E-state index >= 15 is 0 Å². The lowest BCUT2D eigenvalue weighted by molar-refractivity contribution is 0.208. The van der Waals surface area contributed by atoms with E-state index in [0.717, 1.165) is 11.1 Å². The van der Waals surface area contributed by atoms with Crippen molar-refractivity contribution >= 4 is 0 Å². The summed E-state index contributed by atoms with van der Waals surface area (Å²) in [5.74, 6) is 1.20. The Labute approximate surface area is 112 Å². The zero-order chi connectivity index (χ0) is 13.8. The van der Waals surface area contributed by atoms with Crippen LogP contribution < -0.4 is 9.47 Å². The van der Waals surface area contributed by atoms with Crippen molar-refractivity contribution in [3.63, 3.8) is 0 Å². The van der Waals surface area contributed by atoms with Gasteiger partial charge in [-0.25, -0.2) is 0 Å². The van der Waals surface area contributed by atoms with Gasteiger partial charge in [-0.05, 0) is 36.2 Å². The molecule has 0 aliphatic heterocycles. The summed E-state index contributed by atoms with van der Waals surface area (Å²) in [5.41, 5.74) is 2.34. The molecule has 1 atom stereocenters. The summed E-state index contributed by atoms with van der Waals surface area (Å²) >= 11 is 0. The molecule has 4 nitrogen and oxygen atoms in total. The average Bonchev–Trinajstić information content (AvgIpc) is 2.46. The van der Waals surface area contributed by atoms with Crippen LogP contribution in [0.1, 0.15) is 22.8 Å². The topological polar surface area (TPSA) is 51.6 Å². The van der Waals surface area contributed by atoms with Crippen molar-refractivity contribution < 1.29 is 14.6 Å². The first-order valence-corrected chi connectivity index (χ1v) is 5.98. The van der Waals surface area contributed by atoms with Crippen molar-refractivity contribution in [1.29, 1.82) is 0 Å². The summed E-state index contributed by atoms with van der Waals surface area (Å²) < 4.78 is 10.6. The molecule has 0 aliphatic carbocycles. The monoisotopic (exact) mass is 259 g/mol. The van der Waals surface area contributed by atoms with Gasteiger partial charge in [-0.3, -0.25) is 4.98 Å². The van der Waals surface area contributed by atoms with Gasteiger partial charge in [-0.1, -0.05) is 6.07 Å². The van der Waals surface area contributed by atoms with Crippen LogP contribution in [0.2, 0.25) is 0 Å². The number of ether oxygens (including phenoxy) is 2. The number of aliphatic hydroxyl groups excluding tert-OH is 1. The lowest BCUT2D eigenvalue weighted by atomic mass is 9.97. The van der Waals surface area contributed by atoms with E-state index in [4.69, 9.17) is 9.47 Å². The first-order chi connectivity index (χ1) is 9.19. The number of hydrogen-bond donors (Lipinski definition) is 1. The predicted molar refractivity (Wildman–Crippen MR) is 72.6 cm³/mol. The Bertz CT molecular complexity index is 547. The van der Waals surface area contributed by atoms with Crippen molar-refractivity contribution in [3.05, 3.63) is 53.3 Å². The number of aryl methyl sites for hydroxylation is 1. The molecular weight excluding hydrogens is 242 g/mol. The smallest absolute Gasteiger partial charge is 0.128 e. The largest absolute Gasteiger partial charge is 0.496 e. The summed E-state index contributed by atoms with van der Waals surface area (Å²) in [7, 11) is 3.15. The summed E-state index contributed by atoms with van der Waals surface area (Å²) in [4.78, 5) is 4.03. The van der Waals surface area contributed by atoms with E-state index in [0.29, 0.717) is 17.1 Å². The zero-order valence-corrected chi connectivity index (χ0v) is 11.3. The van der Waals surface area contributed by atoms with Gasteiger partial charge in [0.05, 0.1) is 19.8 Å². The molecule has 0 spiro atoms. The molecule has 1 N–H and O–H groups in total. The number of pyridine rings is 1. The van der Waals surface area contributed by atoms with Gasteiger partial charge in [0.25, 0.3) is 0 Å². The van der Waals surface area contributed by atoms with Gasteiger partial charge in [-0.15, -0.1) is 0 Å². The molecule has 4 heteroatoms. The van der Waals surface area contributed by atoms with Crippen LogP contribution in [0.4, 0.5) is 0 Å². The molecule has 1 heterocycles. The van der Waals surface area contributed by atoms with Crippen LogP contribution in [0.5, 0.6) is 11.5 Å². The minimum atomic E-state index is -0.811. The lowest BCUT2D eigenvalue weighted by Gasteiger charge is -2.19. The van der Waals surface area contributed by atoms with E-state index in [2.05, 4.69) is 4.98 Å². The van der Waals surface area contributed by atoms with Crippen molar-refractivity contribution in [2.45, 2.75) is 13.0 Å². The van der Waals surface area contributed by atoms with Crippen LogP contribution in [0.15, 0.2) is 36.7 Å². The molecule has 2 rings (SSSR count). The molecule has 0 aliphatic rings. The SMILES string of the molecule is COc1cccc(OC)c1C(O)c1ccncc1C. The number of benzene rings is 1. The highest BCUT2D eigenvalue weighted by Crippen LogP contribution is 2.37. The number of aliphatic hydroxyl groups is 1. The number of rotatable bonds is 4. The highest BCUT2D eigenvalue weighted by Gasteiger charge is 2.21. The Morgan fingerprint density at radius 1 is 1.11 bits per heavy atom. The molecule has 0 saturated heterocycles. The molecule has 0 saturated carbocycles. The Hall–Kier alpha value is -2.07. The highest BCUT2D eigenvalue weighted by molar-refractivity contribution is 5.50. The summed E-state index contributed by atoms with van der Waals surface area (Å²) in [6, 6.07) is 7.23. The maximum Gasteiger partial charge on any atom is 0.128 e. The molecule has 100 valence electrons. The molecule has 1 aromatic carbocycles. The third-order valence-corrected chi connectivity index (χ3v) is 3.10. The third-order valence-electron chi connectivity index (χ3n) is 3.10. The molecule has 0 fully saturated rings. The molecule has 19 heavy (non-hydrogen) atoms. The van der Waals surface area contributed by atoms with Crippen LogP contribution in [-0.4, -0.2) is 24.3 Å². The molecule has 0 radical (unpaired) electrons. The second kappa shape index (κ2) is 5.71. The van der Waals surface area contributed by atoms with Gasteiger partial charge in [-0.2, -0.15) is 0 Å². The maximum atomic E-state index is 10.6. The van der Waals surface area contributed by atoms with Crippen molar-refractivity contribution in [1.82, 2.24) is 4.98 Å². The van der Waals surface area contributed by atoms with Crippen LogP contribution in [0, 0.1) is 6.92 Å². The summed E-state index contributed by atoms with van der Waals surface area (Å²) in [5, 5.41) is 10.6. The van der Waals surface area contributed by atoms with Crippen molar-refractivity contribution in [3.8, 4) is 11.5 Å². The van der Waals surface area contributed by atoms with Gasteiger partial charge in [0, 0.05) is 12.4 Å². The zero-order valence-electron chi connectivity index (χ0n) is 11.3. The molecule has 2 aromatic rings. The minimum Gasteiger partial charge on any atom is -0.496 e. The fourth-order valence-electron chi connectivity index (χ4n) is 2.10. The third kappa shape index (κ3) is 2.53. The Balaban J connectivity index is 2.55. The quantitative estimate of drug-likeness (QED) is 0.916. The average molecular weight is 259 g/mol.